The second-order valence-electron chi connectivity index (χ2n) is 8.77. The Morgan fingerprint density at radius 3 is 2.61 bits per heavy atom. The van der Waals surface area contributed by atoms with E-state index in [1.807, 2.05) is 4.57 Å². The minimum atomic E-state index is -0.259. The lowest BCUT2D eigenvalue weighted by molar-refractivity contribution is -0.126. The number of fused-ring (bicyclic) bond motifs is 1. The number of nitrogens with zero attached hydrogens (tertiary/aromatic N) is 3. The van der Waals surface area contributed by atoms with Crippen LogP contribution in [0, 0.1) is 18.7 Å². The Bertz CT molecular complexity index is 1200. The number of anilines is 1. The number of piperidine rings is 1. The Morgan fingerprint density at radius 1 is 1.15 bits per heavy atom. The molecule has 0 aliphatic carbocycles. The van der Waals surface area contributed by atoms with Crippen molar-refractivity contribution in [3.63, 3.8) is 0 Å². The number of carbonyl (C=O) groups excluding carboxylic acids is 1. The zero-order valence-corrected chi connectivity index (χ0v) is 19.8. The van der Waals surface area contributed by atoms with Gasteiger partial charge in [0.2, 0.25) is 11.9 Å². The molecule has 0 spiro atoms. The van der Waals surface area contributed by atoms with Crippen LogP contribution in [-0.4, -0.2) is 47.8 Å². The zero-order valence-electron chi connectivity index (χ0n) is 18.3. The number of halogens is 3. The predicted octanol–water partition coefficient (Wildman–Crippen LogP) is 4.90. The molecule has 2 aliphatic rings. The van der Waals surface area contributed by atoms with Gasteiger partial charge < -0.3 is 15.0 Å². The molecule has 0 radical (unpaired) electrons. The number of amides is 1. The highest BCUT2D eigenvalue weighted by Crippen LogP contribution is 2.34. The van der Waals surface area contributed by atoms with E-state index in [4.69, 9.17) is 32.9 Å². The number of hydrogen-bond acceptors (Lipinski definition) is 4. The molecule has 1 unspecified atom stereocenters. The van der Waals surface area contributed by atoms with Gasteiger partial charge in [0, 0.05) is 31.3 Å². The minimum absolute atomic E-state index is 0.0309. The molecule has 174 valence electrons. The number of aromatic nitrogens is 2. The van der Waals surface area contributed by atoms with Crippen molar-refractivity contribution in [2.75, 3.05) is 31.2 Å². The summed E-state index contributed by atoms with van der Waals surface area (Å²) in [4.78, 5) is 19.7. The van der Waals surface area contributed by atoms with Gasteiger partial charge in [-0.05, 0) is 62.1 Å². The smallest absolute Gasteiger partial charge is 0.223 e. The van der Waals surface area contributed by atoms with Crippen molar-refractivity contribution < 1.29 is 13.9 Å². The van der Waals surface area contributed by atoms with E-state index in [1.165, 1.54) is 6.07 Å². The molecule has 2 aliphatic heterocycles. The summed E-state index contributed by atoms with van der Waals surface area (Å²) in [6.45, 7) is 4.41. The molecule has 1 aromatic heterocycles. The van der Waals surface area contributed by atoms with Crippen LogP contribution in [0.15, 0.2) is 30.3 Å². The SMILES string of the molecule is Cc1cc(-n2c(N3CCC(C(=O)NC4CCOC4)CC3)nc3cc(Cl)c(Cl)cc32)ccc1F. The minimum Gasteiger partial charge on any atom is -0.379 e. The highest BCUT2D eigenvalue weighted by atomic mass is 35.5. The van der Waals surface area contributed by atoms with E-state index in [0.29, 0.717) is 47.4 Å². The summed E-state index contributed by atoms with van der Waals surface area (Å²) >= 11 is 12.6. The Hall–Kier alpha value is -2.35. The zero-order chi connectivity index (χ0) is 23.1. The average molecular weight is 491 g/mol. The van der Waals surface area contributed by atoms with Gasteiger partial charge in [-0.1, -0.05) is 23.2 Å². The van der Waals surface area contributed by atoms with Crippen molar-refractivity contribution in [3.8, 4) is 5.69 Å². The first-order valence-corrected chi connectivity index (χ1v) is 11.9. The Labute approximate surface area is 201 Å². The molecule has 5 rings (SSSR count). The van der Waals surface area contributed by atoms with E-state index in [1.54, 1.807) is 31.2 Å². The maximum atomic E-state index is 14.0. The summed E-state index contributed by atoms with van der Waals surface area (Å²) in [5, 5.41) is 3.98. The lowest BCUT2D eigenvalue weighted by atomic mass is 9.95. The van der Waals surface area contributed by atoms with Crippen molar-refractivity contribution in [1.29, 1.82) is 0 Å². The number of rotatable bonds is 4. The standard InChI is InChI=1S/C24H25Cl2FN4O2/c1-14-10-17(2-3-20(14)27)31-22-12-19(26)18(25)11-21(22)29-24(31)30-7-4-15(5-8-30)23(32)28-16-6-9-33-13-16/h2-3,10-12,15-16H,4-9,13H2,1H3,(H,28,32). The topological polar surface area (TPSA) is 59.4 Å². The number of benzene rings is 2. The lowest BCUT2D eigenvalue weighted by Crippen LogP contribution is -2.44. The monoisotopic (exact) mass is 490 g/mol. The van der Waals surface area contributed by atoms with E-state index < -0.39 is 0 Å². The molecule has 9 heteroatoms. The molecule has 1 N–H and O–H groups in total. The normalized spacial score (nSPS) is 19.4. The molecule has 2 saturated heterocycles. The number of aryl methyl sites for hydroxylation is 1. The average Bonchev–Trinajstić information content (AvgIpc) is 3.44. The van der Waals surface area contributed by atoms with Crippen LogP contribution in [0.3, 0.4) is 0 Å². The number of nitrogens with one attached hydrogen (secondary N) is 1. The summed E-state index contributed by atoms with van der Waals surface area (Å²) in [5.41, 5.74) is 2.85. The molecule has 1 amide bonds. The number of hydrogen-bond donors (Lipinski definition) is 1. The number of ether oxygens (including phenoxy) is 1. The first kappa shape index (κ1) is 22.4. The summed E-state index contributed by atoms with van der Waals surface area (Å²) < 4.78 is 21.3. The predicted molar refractivity (Wildman–Crippen MR) is 128 cm³/mol. The van der Waals surface area contributed by atoms with Crippen molar-refractivity contribution in [2.24, 2.45) is 5.92 Å². The third kappa shape index (κ3) is 4.42. The molecule has 2 fully saturated rings. The molecule has 0 saturated carbocycles. The van der Waals surface area contributed by atoms with Crippen LogP contribution >= 0.6 is 23.2 Å². The van der Waals surface area contributed by atoms with Gasteiger partial charge in [0.25, 0.3) is 0 Å². The largest absolute Gasteiger partial charge is 0.379 e. The molecule has 3 aromatic rings. The van der Waals surface area contributed by atoms with Crippen molar-refractivity contribution in [1.82, 2.24) is 14.9 Å². The van der Waals surface area contributed by atoms with Crippen LogP contribution in [0.2, 0.25) is 10.0 Å². The molecule has 0 bridgehead atoms. The fraction of sp³-hybridized carbons (Fsp3) is 0.417. The van der Waals surface area contributed by atoms with Crippen LogP contribution < -0.4 is 10.2 Å². The van der Waals surface area contributed by atoms with Gasteiger partial charge in [0.15, 0.2) is 0 Å². The van der Waals surface area contributed by atoms with Crippen molar-refractivity contribution in [2.45, 2.75) is 32.2 Å². The summed E-state index contributed by atoms with van der Waals surface area (Å²) in [6, 6.07) is 8.65. The van der Waals surface area contributed by atoms with E-state index >= 15 is 0 Å². The van der Waals surface area contributed by atoms with Crippen LogP contribution in [0.4, 0.5) is 10.3 Å². The van der Waals surface area contributed by atoms with Crippen LogP contribution in [0.5, 0.6) is 0 Å². The molecule has 6 nitrogen and oxygen atoms in total. The fourth-order valence-electron chi connectivity index (χ4n) is 4.60. The van der Waals surface area contributed by atoms with Crippen LogP contribution in [-0.2, 0) is 9.53 Å². The van der Waals surface area contributed by atoms with Gasteiger partial charge in [-0.3, -0.25) is 9.36 Å². The van der Waals surface area contributed by atoms with Crippen LogP contribution in [0.1, 0.15) is 24.8 Å². The van der Waals surface area contributed by atoms with Gasteiger partial charge >= 0.3 is 0 Å². The highest BCUT2D eigenvalue weighted by molar-refractivity contribution is 6.42. The molecule has 1 atom stereocenters. The second-order valence-corrected chi connectivity index (χ2v) is 9.58. The Balaban J connectivity index is 1.44. The fourth-order valence-corrected chi connectivity index (χ4v) is 4.92. The highest BCUT2D eigenvalue weighted by Gasteiger charge is 2.30. The van der Waals surface area contributed by atoms with Gasteiger partial charge in [-0.2, -0.15) is 0 Å². The maximum Gasteiger partial charge on any atom is 0.223 e. The third-order valence-corrected chi connectivity index (χ3v) is 7.23. The van der Waals surface area contributed by atoms with Gasteiger partial charge in [0.1, 0.15) is 5.82 Å². The molecule has 33 heavy (non-hydrogen) atoms. The number of imidazole rings is 1. The van der Waals surface area contributed by atoms with E-state index in [-0.39, 0.29) is 23.7 Å². The van der Waals surface area contributed by atoms with Crippen molar-refractivity contribution in [3.05, 3.63) is 51.8 Å². The second kappa shape index (κ2) is 9.12. The number of carbonyl (C=O) groups is 1. The van der Waals surface area contributed by atoms with E-state index in [0.717, 1.165) is 36.4 Å². The van der Waals surface area contributed by atoms with Gasteiger partial charge in [-0.25, -0.2) is 9.37 Å². The Kier molecular flexibility index (Phi) is 6.20. The van der Waals surface area contributed by atoms with E-state index in [9.17, 15) is 9.18 Å². The van der Waals surface area contributed by atoms with Crippen LogP contribution in [0.25, 0.3) is 16.7 Å². The first-order valence-electron chi connectivity index (χ1n) is 11.2. The maximum absolute atomic E-state index is 14.0. The summed E-state index contributed by atoms with van der Waals surface area (Å²) in [5.74, 6) is 0.547. The van der Waals surface area contributed by atoms with Gasteiger partial charge in [-0.15, -0.1) is 0 Å². The van der Waals surface area contributed by atoms with Crippen molar-refractivity contribution >= 4 is 46.1 Å². The first-order chi connectivity index (χ1) is 15.9. The third-order valence-electron chi connectivity index (χ3n) is 6.50. The molecule has 3 heterocycles. The van der Waals surface area contributed by atoms with E-state index in [2.05, 4.69) is 10.2 Å². The summed E-state index contributed by atoms with van der Waals surface area (Å²) in [7, 11) is 0. The molecule has 2 aromatic carbocycles. The van der Waals surface area contributed by atoms with Gasteiger partial charge in [0.05, 0.1) is 33.7 Å². The molecular formula is C24H25Cl2FN4O2. The lowest BCUT2D eigenvalue weighted by Gasteiger charge is -2.33. The molecular weight excluding hydrogens is 466 g/mol. The Morgan fingerprint density at radius 2 is 1.91 bits per heavy atom. The quantitative estimate of drug-likeness (QED) is 0.564. The summed E-state index contributed by atoms with van der Waals surface area (Å²) in [6.07, 6.45) is 2.33.